The second kappa shape index (κ2) is 7.60. The molecule has 2 N–H and O–H groups in total. The maximum absolute atomic E-state index is 12.5. The first-order valence-corrected chi connectivity index (χ1v) is 11.8. The van der Waals surface area contributed by atoms with E-state index in [-0.39, 0.29) is 5.41 Å². The number of anilines is 1. The summed E-state index contributed by atoms with van der Waals surface area (Å²) in [6.45, 7) is 0. The van der Waals surface area contributed by atoms with E-state index in [0.29, 0.717) is 23.8 Å². The van der Waals surface area contributed by atoms with Crippen LogP contribution in [-0.4, -0.2) is 16.6 Å². The van der Waals surface area contributed by atoms with Crippen LogP contribution in [0.4, 0.5) is 5.69 Å². The lowest BCUT2D eigenvalue weighted by Crippen LogP contribution is -2.53. The number of hydrogen-bond donors (Lipinski definition) is 2. The van der Waals surface area contributed by atoms with Gasteiger partial charge in [-0.15, -0.1) is 0 Å². The fourth-order valence-corrected chi connectivity index (χ4v) is 6.98. The lowest BCUT2D eigenvalue weighted by atomic mass is 9.58. The minimum absolute atomic E-state index is 0.139. The maximum atomic E-state index is 12.5. The molecule has 1 spiro atoms. The van der Waals surface area contributed by atoms with E-state index in [1.165, 1.54) is 43.2 Å². The Morgan fingerprint density at radius 2 is 1.73 bits per heavy atom. The molecule has 1 atom stereocenters. The summed E-state index contributed by atoms with van der Waals surface area (Å²) in [4.78, 5) is 12.5. The highest BCUT2D eigenvalue weighted by atomic mass is 35.5. The first-order valence-electron chi connectivity index (χ1n) is 11.4. The van der Waals surface area contributed by atoms with Gasteiger partial charge in [-0.25, -0.2) is 4.79 Å². The second-order valence-electron chi connectivity index (χ2n) is 9.69. The fraction of sp³-hybridized carbons (Fsp3) is 0.500. The molecule has 3 nitrogen and oxygen atoms in total. The standard InChI is InChI=1S/C26H30ClNO2/c27-20-9-5-10-21(17-20)28-26(24(29)30)14-12-25(13-15-26)22-11-4-3-8-19(22)16-23(25)18-6-1-2-7-18/h3-5,8-11,17-18,23,28H,1-2,6-7,12-16H2,(H,29,30). The topological polar surface area (TPSA) is 49.3 Å². The number of carboxylic acids is 1. The normalized spacial score (nSPS) is 31.0. The highest BCUT2D eigenvalue weighted by Gasteiger charge is 2.55. The zero-order valence-electron chi connectivity index (χ0n) is 17.4. The SMILES string of the molecule is O=C(O)C1(Nc2cccc(Cl)c2)CCC2(CC1)c1ccccc1CC2C1CCCC1. The smallest absolute Gasteiger partial charge is 0.329 e. The summed E-state index contributed by atoms with van der Waals surface area (Å²) in [5.74, 6) is 0.701. The average Bonchev–Trinajstić information content (AvgIpc) is 3.37. The van der Waals surface area contributed by atoms with E-state index in [0.717, 1.165) is 24.4 Å². The van der Waals surface area contributed by atoms with Crippen LogP contribution in [0.5, 0.6) is 0 Å². The van der Waals surface area contributed by atoms with E-state index >= 15 is 0 Å². The number of rotatable bonds is 4. The molecule has 3 aliphatic carbocycles. The largest absolute Gasteiger partial charge is 0.480 e. The van der Waals surface area contributed by atoms with Gasteiger partial charge in [0.25, 0.3) is 0 Å². The summed E-state index contributed by atoms with van der Waals surface area (Å²) in [6.07, 6.45) is 9.71. The first-order chi connectivity index (χ1) is 14.5. The lowest BCUT2D eigenvalue weighted by molar-refractivity contribution is -0.144. The molecule has 5 rings (SSSR count). The van der Waals surface area contributed by atoms with Crippen molar-refractivity contribution in [2.75, 3.05) is 5.32 Å². The van der Waals surface area contributed by atoms with Crippen LogP contribution in [0.15, 0.2) is 48.5 Å². The number of fused-ring (bicyclic) bond motifs is 2. The van der Waals surface area contributed by atoms with Crippen LogP contribution in [-0.2, 0) is 16.6 Å². The van der Waals surface area contributed by atoms with E-state index in [1.54, 1.807) is 0 Å². The Labute approximate surface area is 183 Å². The van der Waals surface area contributed by atoms with Gasteiger partial charge in [-0.1, -0.05) is 67.6 Å². The van der Waals surface area contributed by atoms with Crippen molar-refractivity contribution in [3.8, 4) is 0 Å². The summed E-state index contributed by atoms with van der Waals surface area (Å²) in [5.41, 5.74) is 3.01. The van der Waals surface area contributed by atoms with Gasteiger partial charge in [0, 0.05) is 10.7 Å². The van der Waals surface area contributed by atoms with E-state index in [2.05, 4.69) is 29.6 Å². The molecule has 158 valence electrons. The van der Waals surface area contributed by atoms with Crippen LogP contribution in [0.3, 0.4) is 0 Å². The van der Waals surface area contributed by atoms with Crippen LogP contribution < -0.4 is 5.32 Å². The Bertz CT molecular complexity index is 942. The fourth-order valence-electron chi connectivity index (χ4n) is 6.79. The van der Waals surface area contributed by atoms with Gasteiger partial charge in [0.05, 0.1) is 0 Å². The van der Waals surface area contributed by atoms with Gasteiger partial charge in [0.15, 0.2) is 0 Å². The molecule has 0 amide bonds. The summed E-state index contributed by atoms with van der Waals surface area (Å²) in [5, 5.41) is 14.2. The molecule has 0 heterocycles. The van der Waals surface area contributed by atoms with Gasteiger partial charge in [0.2, 0.25) is 0 Å². The Morgan fingerprint density at radius 3 is 2.43 bits per heavy atom. The third-order valence-electron chi connectivity index (χ3n) is 8.29. The Hall–Kier alpha value is -2.00. The van der Waals surface area contributed by atoms with Gasteiger partial charge in [-0.3, -0.25) is 0 Å². The van der Waals surface area contributed by atoms with Crippen molar-refractivity contribution in [1.29, 1.82) is 0 Å². The lowest BCUT2D eigenvalue weighted by Gasteiger charge is -2.48. The number of carbonyl (C=O) groups is 1. The van der Waals surface area contributed by atoms with Gasteiger partial charge in [-0.2, -0.15) is 0 Å². The van der Waals surface area contributed by atoms with Crippen LogP contribution in [0.2, 0.25) is 5.02 Å². The van der Waals surface area contributed by atoms with E-state index in [9.17, 15) is 9.90 Å². The Balaban J connectivity index is 1.46. The number of benzene rings is 2. The number of nitrogens with one attached hydrogen (secondary N) is 1. The minimum Gasteiger partial charge on any atom is -0.480 e. The zero-order chi connectivity index (χ0) is 20.8. The summed E-state index contributed by atoms with van der Waals surface area (Å²) in [6, 6.07) is 16.4. The molecule has 30 heavy (non-hydrogen) atoms. The highest BCUT2D eigenvalue weighted by molar-refractivity contribution is 6.30. The third-order valence-corrected chi connectivity index (χ3v) is 8.52. The van der Waals surface area contributed by atoms with Gasteiger partial charge in [0.1, 0.15) is 5.54 Å². The molecule has 0 aromatic heterocycles. The average molecular weight is 424 g/mol. The Morgan fingerprint density at radius 1 is 1.00 bits per heavy atom. The van der Waals surface area contributed by atoms with E-state index in [4.69, 9.17) is 11.6 Å². The highest BCUT2D eigenvalue weighted by Crippen LogP contribution is 2.58. The molecule has 3 aliphatic rings. The zero-order valence-corrected chi connectivity index (χ0v) is 18.1. The van der Waals surface area contributed by atoms with Crippen molar-refractivity contribution in [2.45, 2.75) is 68.7 Å². The van der Waals surface area contributed by atoms with Crippen molar-refractivity contribution in [3.05, 3.63) is 64.7 Å². The molecule has 2 saturated carbocycles. The second-order valence-corrected chi connectivity index (χ2v) is 10.1. The van der Waals surface area contributed by atoms with Gasteiger partial charge in [-0.05, 0) is 78.7 Å². The summed E-state index contributed by atoms with van der Waals surface area (Å²) < 4.78 is 0. The van der Waals surface area contributed by atoms with Crippen molar-refractivity contribution >= 4 is 23.3 Å². The predicted octanol–water partition coefficient (Wildman–Crippen LogP) is 6.45. The summed E-state index contributed by atoms with van der Waals surface area (Å²) >= 11 is 6.15. The molecule has 2 aromatic carbocycles. The molecule has 4 heteroatoms. The quantitative estimate of drug-likeness (QED) is 0.594. The van der Waals surface area contributed by atoms with Crippen molar-refractivity contribution in [3.63, 3.8) is 0 Å². The van der Waals surface area contributed by atoms with Crippen LogP contribution >= 0.6 is 11.6 Å². The van der Waals surface area contributed by atoms with Gasteiger partial charge >= 0.3 is 5.97 Å². The molecule has 0 aliphatic heterocycles. The molecule has 1 unspecified atom stereocenters. The molecule has 0 radical (unpaired) electrons. The van der Waals surface area contributed by atoms with Crippen LogP contribution in [0.25, 0.3) is 0 Å². The molecule has 2 fully saturated rings. The predicted molar refractivity (Wildman–Crippen MR) is 121 cm³/mol. The van der Waals surface area contributed by atoms with E-state index < -0.39 is 11.5 Å². The van der Waals surface area contributed by atoms with Crippen molar-refractivity contribution < 1.29 is 9.90 Å². The molecule has 0 bridgehead atoms. The number of hydrogen-bond acceptors (Lipinski definition) is 2. The third kappa shape index (κ3) is 3.22. The number of carboxylic acid groups (broad SMARTS) is 1. The molecular weight excluding hydrogens is 394 g/mol. The maximum Gasteiger partial charge on any atom is 0.329 e. The monoisotopic (exact) mass is 423 g/mol. The Kier molecular flexibility index (Phi) is 5.05. The number of halogens is 1. The molecular formula is C26H30ClNO2. The van der Waals surface area contributed by atoms with Gasteiger partial charge < -0.3 is 10.4 Å². The van der Waals surface area contributed by atoms with Crippen LogP contribution in [0.1, 0.15) is 62.5 Å². The molecule has 2 aromatic rings. The molecule has 0 saturated heterocycles. The van der Waals surface area contributed by atoms with Crippen LogP contribution in [0, 0.1) is 11.8 Å². The van der Waals surface area contributed by atoms with Crippen molar-refractivity contribution in [1.82, 2.24) is 0 Å². The summed E-state index contributed by atoms with van der Waals surface area (Å²) in [7, 11) is 0. The van der Waals surface area contributed by atoms with Crippen molar-refractivity contribution in [2.24, 2.45) is 11.8 Å². The number of aliphatic carboxylic acids is 1. The van der Waals surface area contributed by atoms with E-state index in [1.807, 2.05) is 24.3 Å². The minimum atomic E-state index is -0.923. The first kappa shape index (κ1) is 19.9.